The molecule has 0 aliphatic carbocycles. The lowest BCUT2D eigenvalue weighted by Gasteiger charge is -2.02. The number of oxime groups is 1. The van der Waals surface area contributed by atoms with Crippen LogP contribution >= 0.6 is 0 Å². The van der Waals surface area contributed by atoms with Gasteiger partial charge >= 0.3 is 5.63 Å². The average molecular weight is 232 g/mol. The summed E-state index contributed by atoms with van der Waals surface area (Å²) >= 11 is 0. The topological polar surface area (TPSA) is 91.9 Å². The number of hydrogen-bond donors (Lipinski definition) is 2. The Hall–Kier alpha value is -2.63. The van der Waals surface area contributed by atoms with Gasteiger partial charge in [0.1, 0.15) is 11.8 Å². The van der Waals surface area contributed by atoms with Gasteiger partial charge in [0.2, 0.25) is 0 Å². The first kappa shape index (κ1) is 10.9. The second kappa shape index (κ2) is 4.48. The summed E-state index contributed by atoms with van der Waals surface area (Å²) in [6.07, 6.45) is 0.745. The van der Waals surface area contributed by atoms with Gasteiger partial charge in [-0.05, 0) is 24.3 Å². The van der Waals surface area contributed by atoms with E-state index in [4.69, 9.17) is 9.62 Å². The molecule has 2 aromatic rings. The number of nitrogens with zero attached hydrogens (tertiary/aromatic N) is 1. The van der Waals surface area contributed by atoms with Crippen LogP contribution in [0.15, 0.2) is 44.7 Å². The second-order valence-corrected chi connectivity index (χ2v) is 3.24. The maximum Gasteiger partial charge on any atom is 0.336 e. The number of amides is 1. The van der Waals surface area contributed by atoms with Crippen molar-refractivity contribution in [1.29, 1.82) is 0 Å². The summed E-state index contributed by atoms with van der Waals surface area (Å²) in [6.45, 7) is 0. The van der Waals surface area contributed by atoms with E-state index in [9.17, 15) is 9.59 Å². The summed E-state index contributed by atoms with van der Waals surface area (Å²) < 4.78 is 4.93. The van der Waals surface area contributed by atoms with E-state index < -0.39 is 11.5 Å². The van der Waals surface area contributed by atoms with Crippen molar-refractivity contribution in [3.05, 3.63) is 40.8 Å². The van der Waals surface area contributed by atoms with E-state index in [-0.39, 0.29) is 0 Å². The maximum atomic E-state index is 11.1. The molecular weight excluding hydrogens is 224 g/mol. The lowest BCUT2D eigenvalue weighted by atomic mass is 10.2. The fraction of sp³-hybridized carbons (Fsp3) is 0. The molecule has 1 heterocycles. The number of hydrogen-bond acceptors (Lipinski definition) is 5. The molecular formula is C11H8N2O4. The molecule has 0 aliphatic heterocycles. The molecule has 0 saturated carbocycles. The highest BCUT2D eigenvalue weighted by Crippen LogP contribution is 2.17. The number of nitrogens with one attached hydrogen (secondary N) is 1. The molecule has 86 valence electrons. The Bertz CT molecular complexity index is 645. The van der Waals surface area contributed by atoms with E-state index in [2.05, 4.69) is 10.5 Å². The fourth-order valence-corrected chi connectivity index (χ4v) is 1.38. The molecule has 0 fully saturated rings. The summed E-state index contributed by atoms with van der Waals surface area (Å²) in [4.78, 5) is 22.1. The van der Waals surface area contributed by atoms with Gasteiger partial charge in [-0.25, -0.2) is 4.79 Å². The van der Waals surface area contributed by atoms with Crippen molar-refractivity contribution < 1.29 is 14.4 Å². The molecule has 0 unspecified atom stereocenters. The molecule has 1 amide bonds. The van der Waals surface area contributed by atoms with Crippen molar-refractivity contribution in [2.24, 2.45) is 5.16 Å². The highest BCUT2D eigenvalue weighted by atomic mass is 16.4. The van der Waals surface area contributed by atoms with Crippen LogP contribution in [0.1, 0.15) is 0 Å². The van der Waals surface area contributed by atoms with E-state index in [1.165, 1.54) is 6.07 Å². The number of anilines is 1. The molecule has 2 N–H and O–H groups in total. The Balaban J connectivity index is 2.35. The summed E-state index contributed by atoms with van der Waals surface area (Å²) in [7, 11) is 0. The molecule has 0 radical (unpaired) electrons. The minimum Gasteiger partial charge on any atom is -0.423 e. The van der Waals surface area contributed by atoms with Gasteiger partial charge in [-0.15, -0.1) is 0 Å². The van der Waals surface area contributed by atoms with Crippen LogP contribution in [0, 0.1) is 0 Å². The van der Waals surface area contributed by atoms with Crippen molar-refractivity contribution >= 4 is 28.8 Å². The van der Waals surface area contributed by atoms with Gasteiger partial charge in [-0.1, -0.05) is 5.16 Å². The molecule has 0 aliphatic rings. The van der Waals surface area contributed by atoms with Crippen molar-refractivity contribution in [2.75, 3.05) is 5.32 Å². The zero-order valence-electron chi connectivity index (χ0n) is 8.58. The zero-order valence-corrected chi connectivity index (χ0v) is 8.58. The van der Waals surface area contributed by atoms with Crippen molar-refractivity contribution in [1.82, 2.24) is 0 Å². The van der Waals surface area contributed by atoms with Crippen molar-refractivity contribution in [3.63, 3.8) is 0 Å². The molecule has 0 bridgehead atoms. The summed E-state index contributed by atoms with van der Waals surface area (Å²) in [5.41, 5.74) is 0.518. The largest absolute Gasteiger partial charge is 0.423 e. The Morgan fingerprint density at radius 1 is 1.35 bits per heavy atom. The van der Waals surface area contributed by atoms with Crippen LogP contribution in [0.25, 0.3) is 11.0 Å². The van der Waals surface area contributed by atoms with Crippen LogP contribution in [-0.4, -0.2) is 17.3 Å². The second-order valence-electron chi connectivity index (χ2n) is 3.24. The van der Waals surface area contributed by atoms with Gasteiger partial charge in [0.15, 0.2) is 0 Å². The Morgan fingerprint density at radius 3 is 2.94 bits per heavy atom. The van der Waals surface area contributed by atoms with Gasteiger partial charge in [0.05, 0.1) is 0 Å². The molecule has 0 atom stereocenters. The molecule has 0 saturated heterocycles. The third-order valence-electron chi connectivity index (χ3n) is 2.06. The van der Waals surface area contributed by atoms with Crippen LogP contribution in [-0.2, 0) is 4.79 Å². The normalized spacial score (nSPS) is 10.8. The average Bonchev–Trinajstić information content (AvgIpc) is 2.29. The number of fused-ring (bicyclic) bond motifs is 1. The predicted molar refractivity (Wildman–Crippen MR) is 61.4 cm³/mol. The zero-order chi connectivity index (χ0) is 12.3. The maximum absolute atomic E-state index is 11.1. The molecule has 6 nitrogen and oxygen atoms in total. The monoisotopic (exact) mass is 232 g/mol. The molecule has 1 aromatic heterocycles. The Morgan fingerprint density at radius 2 is 2.18 bits per heavy atom. The van der Waals surface area contributed by atoms with Gasteiger partial charge < -0.3 is 14.9 Å². The van der Waals surface area contributed by atoms with Crippen LogP contribution in [0.2, 0.25) is 0 Å². The van der Waals surface area contributed by atoms with Crippen LogP contribution in [0.3, 0.4) is 0 Å². The molecule has 0 spiro atoms. The number of carbonyl (C=O) groups is 1. The standard InChI is InChI=1S/C11H8N2O4/c14-10(6-12-16)13-8-2-3-9-7(5-8)1-4-11(15)17-9/h1-6,16H,(H,13,14)/b12-6-. The number of carbonyl (C=O) groups excluding carboxylic acids is 1. The highest BCUT2D eigenvalue weighted by Gasteiger charge is 2.02. The molecule has 6 heteroatoms. The van der Waals surface area contributed by atoms with Crippen molar-refractivity contribution in [3.8, 4) is 0 Å². The number of benzene rings is 1. The molecule has 2 rings (SSSR count). The number of rotatable bonds is 2. The first-order valence-electron chi connectivity index (χ1n) is 4.71. The van der Waals surface area contributed by atoms with E-state index >= 15 is 0 Å². The van der Waals surface area contributed by atoms with Gasteiger partial charge in [-0.2, -0.15) is 0 Å². The summed E-state index contributed by atoms with van der Waals surface area (Å²) in [6, 6.07) is 7.68. The van der Waals surface area contributed by atoms with Gasteiger partial charge in [-0.3, -0.25) is 4.79 Å². The lowest BCUT2D eigenvalue weighted by molar-refractivity contribution is -0.110. The van der Waals surface area contributed by atoms with E-state index in [1.807, 2.05) is 0 Å². The third-order valence-corrected chi connectivity index (χ3v) is 2.06. The Labute approximate surface area is 95.2 Å². The van der Waals surface area contributed by atoms with Crippen LogP contribution < -0.4 is 10.9 Å². The van der Waals surface area contributed by atoms with E-state index in [0.29, 0.717) is 16.7 Å². The predicted octanol–water partition coefficient (Wildman–Crippen LogP) is 1.19. The van der Waals surface area contributed by atoms with E-state index in [0.717, 1.165) is 6.21 Å². The van der Waals surface area contributed by atoms with Crippen molar-refractivity contribution in [2.45, 2.75) is 0 Å². The highest BCUT2D eigenvalue weighted by molar-refractivity contribution is 6.31. The summed E-state index contributed by atoms with van der Waals surface area (Å²) in [5, 5.41) is 13.9. The smallest absolute Gasteiger partial charge is 0.336 e. The fourth-order valence-electron chi connectivity index (χ4n) is 1.38. The first-order chi connectivity index (χ1) is 8.19. The van der Waals surface area contributed by atoms with Crippen LogP contribution in [0.5, 0.6) is 0 Å². The molecule has 17 heavy (non-hydrogen) atoms. The summed E-state index contributed by atoms with van der Waals surface area (Å²) in [5.74, 6) is -0.552. The lowest BCUT2D eigenvalue weighted by Crippen LogP contribution is -2.12. The van der Waals surface area contributed by atoms with Gasteiger partial charge in [0.25, 0.3) is 5.91 Å². The quantitative estimate of drug-likeness (QED) is 0.352. The molecule has 1 aromatic carbocycles. The van der Waals surface area contributed by atoms with Crippen LogP contribution in [0.4, 0.5) is 5.69 Å². The van der Waals surface area contributed by atoms with E-state index in [1.54, 1.807) is 24.3 Å². The minimum absolute atomic E-state index is 0.429. The minimum atomic E-state index is -0.552. The Kier molecular flexibility index (Phi) is 2.87. The van der Waals surface area contributed by atoms with Gasteiger partial charge in [0, 0.05) is 17.1 Å². The SMILES string of the molecule is O=C(/C=N\O)Nc1ccc2oc(=O)ccc2c1. The third kappa shape index (κ3) is 2.49. The first-order valence-corrected chi connectivity index (χ1v) is 4.71.